The first-order chi connectivity index (χ1) is 12.2. The number of nitrogens with zero attached hydrogens (tertiary/aromatic N) is 3. The van der Waals surface area contributed by atoms with Crippen LogP contribution in [0, 0.1) is 0 Å². The highest BCUT2D eigenvalue weighted by Crippen LogP contribution is 2.25. The summed E-state index contributed by atoms with van der Waals surface area (Å²) in [7, 11) is 3.96. The van der Waals surface area contributed by atoms with Crippen LogP contribution in [0.3, 0.4) is 0 Å². The summed E-state index contributed by atoms with van der Waals surface area (Å²) in [6, 6.07) is 9.44. The number of hydrogen-bond acceptors (Lipinski definition) is 5. The molecule has 2 heterocycles. The van der Waals surface area contributed by atoms with Crippen LogP contribution >= 0.6 is 0 Å². The average Bonchev–Trinajstić information content (AvgIpc) is 2.64. The van der Waals surface area contributed by atoms with Gasteiger partial charge in [0.1, 0.15) is 5.75 Å². The minimum atomic E-state index is 0.274. The minimum Gasteiger partial charge on any atom is -0.496 e. The number of rotatable bonds is 6. The van der Waals surface area contributed by atoms with Crippen molar-refractivity contribution in [3.63, 3.8) is 0 Å². The number of likely N-dealkylation sites (tertiary alicyclic amines) is 1. The second-order valence-electron chi connectivity index (χ2n) is 7.49. The smallest absolute Gasteiger partial charge is 0.123 e. The summed E-state index contributed by atoms with van der Waals surface area (Å²) >= 11 is 0. The Bertz CT molecular complexity index is 531. The fourth-order valence-electron chi connectivity index (χ4n) is 4.37. The molecular formula is C20H33N3O2. The van der Waals surface area contributed by atoms with Crippen LogP contribution in [0.5, 0.6) is 5.75 Å². The third-order valence-corrected chi connectivity index (χ3v) is 5.82. The lowest BCUT2D eigenvalue weighted by atomic mass is 9.98. The standard InChI is InChI=1S/C20H33N3O2/c1-21-10-7-18(8-11-21)23-13-12-22(16-19(23)9-14-24)15-17-5-3-4-6-20(17)25-2/h3-6,18-19,24H,7-16H2,1-2H3. The fraction of sp³-hybridized carbons (Fsp3) is 0.700. The number of methoxy groups -OCH3 is 1. The van der Waals surface area contributed by atoms with Crippen LogP contribution in [0.1, 0.15) is 24.8 Å². The van der Waals surface area contributed by atoms with Crippen molar-refractivity contribution in [3.05, 3.63) is 29.8 Å². The zero-order valence-electron chi connectivity index (χ0n) is 15.7. The molecular weight excluding hydrogens is 314 g/mol. The van der Waals surface area contributed by atoms with Crippen LogP contribution in [-0.4, -0.2) is 85.4 Å². The van der Waals surface area contributed by atoms with Gasteiger partial charge in [-0.25, -0.2) is 0 Å². The normalized spacial score (nSPS) is 24.5. The Hall–Kier alpha value is -1.14. The molecule has 1 aromatic rings. The van der Waals surface area contributed by atoms with Crippen molar-refractivity contribution < 1.29 is 9.84 Å². The maximum atomic E-state index is 9.56. The van der Waals surface area contributed by atoms with Gasteiger partial charge in [-0.05, 0) is 45.5 Å². The summed E-state index contributed by atoms with van der Waals surface area (Å²) in [5.74, 6) is 0.971. The van der Waals surface area contributed by atoms with Crippen LogP contribution in [0.4, 0.5) is 0 Å². The highest BCUT2D eigenvalue weighted by Gasteiger charge is 2.33. The first-order valence-corrected chi connectivity index (χ1v) is 9.60. The van der Waals surface area contributed by atoms with Crippen LogP contribution in [0.25, 0.3) is 0 Å². The number of hydrogen-bond donors (Lipinski definition) is 1. The first-order valence-electron chi connectivity index (χ1n) is 9.60. The highest BCUT2D eigenvalue weighted by atomic mass is 16.5. The monoisotopic (exact) mass is 347 g/mol. The summed E-state index contributed by atoms with van der Waals surface area (Å²) in [5.41, 5.74) is 1.25. The van der Waals surface area contributed by atoms with Gasteiger partial charge in [0, 0.05) is 50.4 Å². The van der Waals surface area contributed by atoms with E-state index in [0.29, 0.717) is 12.1 Å². The Morgan fingerprint density at radius 2 is 1.88 bits per heavy atom. The van der Waals surface area contributed by atoms with Crippen molar-refractivity contribution >= 4 is 0 Å². The summed E-state index contributed by atoms with van der Waals surface area (Å²) in [5, 5.41) is 9.56. The zero-order valence-corrected chi connectivity index (χ0v) is 15.7. The molecule has 0 aliphatic carbocycles. The Morgan fingerprint density at radius 3 is 2.60 bits per heavy atom. The van der Waals surface area contributed by atoms with E-state index in [4.69, 9.17) is 4.74 Å². The predicted octanol–water partition coefficient (Wildman–Crippen LogP) is 1.66. The van der Waals surface area contributed by atoms with Gasteiger partial charge < -0.3 is 14.7 Å². The summed E-state index contributed by atoms with van der Waals surface area (Å²) in [4.78, 5) is 7.63. The second-order valence-corrected chi connectivity index (χ2v) is 7.49. The molecule has 140 valence electrons. The van der Waals surface area contributed by atoms with Crippen molar-refractivity contribution in [3.8, 4) is 5.75 Å². The molecule has 2 aliphatic rings. The Kier molecular flexibility index (Phi) is 6.70. The summed E-state index contributed by atoms with van der Waals surface area (Å²) < 4.78 is 5.51. The average molecular weight is 348 g/mol. The molecule has 5 nitrogen and oxygen atoms in total. The lowest BCUT2D eigenvalue weighted by molar-refractivity contribution is 0.00581. The van der Waals surface area contributed by atoms with E-state index in [9.17, 15) is 5.11 Å². The molecule has 2 saturated heterocycles. The molecule has 0 aromatic heterocycles. The Labute approximate surface area is 152 Å². The Balaban J connectivity index is 1.62. The molecule has 1 N–H and O–H groups in total. The van der Waals surface area contributed by atoms with Crippen LogP contribution in [0.2, 0.25) is 0 Å². The van der Waals surface area contributed by atoms with E-state index in [1.54, 1.807) is 7.11 Å². The van der Waals surface area contributed by atoms with E-state index < -0.39 is 0 Å². The molecule has 3 rings (SSSR count). The van der Waals surface area contributed by atoms with E-state index in [0.717, 1.165) is 38.3 Å². The van der Waals surface area contributed by atoms with Crippen molar-refractivity contribution in [2.45, 2.75) is 37.9 Å². The molecule has 0 radical (unpaired) electrons. The van der Waals surface area contributed by atoms with E-state index in [-0.39, 0.29) is 6.61 Å². The van der Waals surface area contributed by atoms with Crippen molar-refractivity contribution in [2.24, 2.45) is 0 Å². The number of aliphatic hydroxyl groups excluding tert-OH is 1. The number of para-hydroxylation sites is 1. The summed E-state index contributed by atoms with van der Waals surface area (Å²) in [6.45, 7) is 6.81. The van der Waals surface area contributed by atoms with Gasteiger partial charge in [-0.3, -0.25) is 9.80 Å². The van der Waals surface area contributed by atoms with E-state index in [1.807, 2.05) is 12.1 Å². The minimum absolute atomic E-state index is 0.274. The molecule has 5 heteroatoms. The van der Waals surface area contributed by atoms with Gasteiger partial charge in [0.05, 0.1) is 7.11 Å². The topological polar surface area (TPSA) is 39.2 Å². The second kappa shape index (κ2) is 8.99. The molecule has 2 fully saturated rings. The lowest BCUT2D eigenvalue weighted by Gasteiger charge is -2.47. The van der Waals surface area contributed by atoms with Gasteiger partial charge in [-0.1, -0.05) is 18.2 Å². The van der Waals surface area contributed by atoms with Crippen LogP contribution in [0.15, 0.2) is 24.3 Å². The van der Waals surface area contributed by atoms with Gasteiger partial charge >= 0.3 is 0 Å². The first kappa shape index (κ1) is 18.6. The molecule has 1 atom stereocenters. The number of benzene rings is 1. The molecule has 0 saturated carbocycles. The van der Waals surface area contributed by atoms with Crippen LogP contribution < -0.4 is 4.74 Å². The maximum Gasteiger partial charge on any atom is 0.123 e. The highest BCUT2D eigenvalue weighted by molar-refractivity contribution is 5.33. The van der Waals surface area contributed by atoms with E-state index in [1.165, 1.54) is 31.5 Å². The lowest BCUT2D eigenvalue weighted by Crippen LogP contribution is -2.58. The number of piperazine rings is 1. The molecule has 0 spiro atoms. The SMILES string of the molecule is COc1ccccc1CN1CCN(C2CCN(C)CC2)C(CCO)C1. The van der Waals surface area contributed by atoms with E-state index >= 15 is 0 Å². The quantitative estimate of drug-likeness (QED) is 0.847. The van der Waals surface area contributed by atoms with Crippen molar-refractivity contribution in [1.29, 1.82) is 0 Å². The Morgan fingerprint density at radius 1 is 1.12 bits per heavy atom. The van der Waals surface area contributed by atoms with Crippen molar-refractivity contribution in [1.82, 2.24) is 14.7 Å². The van der Waals surface area contributed by atoms with Gasteiger partial charge in [-0.2, -0.15) is 0 Å². The molecule has 1 unspecified atom stereocenters. The number of aliphatic hydroxyl groups is 1. The maximum absolute atomic E-state index is 9.56. The fourth-order valence-corrected chi connectivity index (χ4v) is 4.37. The third-order valence-electron chi connectivity index (χ3n) is 5.82. The van der Waals surface area contributed by atoms with Crippen molar-refractivity contribution in [2.75, 3.05) is 53.5 Å². The van der Waals surface area contributed by atoms with Gasteiger partial charge in [-0.15, -0.1) is 0 Å². The number of ether oxygens (including phenoxy) is 1. The predicted molar refractivity (Wildman–Crippen MR) is 101 cm³/mol. The van der Waals surface area contributed by atoms with Gasteiger partial charge in [0.25, 0.3) is 0 Å². The molecule has 0 amide bonds. The third kappa shape index (κ3) is 4.73. The summed E-state index contributed by atoms with van der Waals surface area (Å²) in [6.07, 6.45) is 3.38. The number of piperidine rings is 1. The van der Waals surface area contributed by atoms with Crippen LogP contribution in [-0.2, 0) is 6.54 Å². The molecule has 1 aromatic carbocycles. The van der Waals surface area contributed by atoms with Gasteiger partial charge in [0.15, 0.2) is 0 Å². The largest absolute Gasteiger partial charge is 0.496 e. The molecule has 2 aliphatic heterocycles. The molecule has 25 heavy (non-hydrogen) atoms. The van der Waals surface area contributed by atoms with Gasteiger partial charge in [0.2, 0.25) is 0 Å². The molecule has 0 bridgehead atoms. The van der Waals surface area contributed by atoms with E-state index in [2.05, 4.69) is 33.9 Å². The zero-order chi connectivity index (χ0) is 17.6.